The Morgan fingerprint density at radius 1 is 1.33 bits per heavy atom. The second-order valence-electron chi connectivity index (χ2n) is 3.89. The molecule has 1 aromatic carbocycles. The van der Waals surface area contributed by atoms with Gasteiger partial charge in [0, 0.05) is 28.5 Å². The van der Waals surface area contributed by atoms with Crippen molar-refractivity contribution in [2.45, 2.75) is 34.2 Å². The van der Waals surface area contributed by atoms with E-state index in [4.69, 9.17) is 11.6 Å². The molecule has 1 heterocycles. The summed E-state index contributed by atoms with van der Waals surface area (Å²) in [4.78, 5) is 14.0. The van der Waals surface area contributed by atoms with Crippen LogP contribution >= 0.6 is 11.6 Å². The number of halogens is 1. The summed E-state index contributed by atoms with van der Waals surface area (Å²) in [6.45, 7) is 7.99. The highest BCUT2D eigenvalue weighted by Crippen LogP contribution is 2.23. The third kappa shape index (κ3) is 3.50. The molecule has 2 N–H and O–H groups in total. The highest BCUT2D eigenvalue weighted by Gasteiger charge is 2.04. The molecule has 1 amide bonds. The van der Waals surface area contributed by atoms with Crippen LogP contribution in [-0.2, 0) is 11.3 Å². The zero-order valence-corrected chi connectivity index (χ0v) is 12.0. The second-order valence-corrected chi connectivity index (χ2v) is 4.30. The number of fused-ring (bicyclic) bond motifs is 1. The Morgan fingerprint density at radius 3 is 2.61 bits per heavy atom. The normalized spacial score (nSPS) is 9.83. The number of aromatic amines is 1. The van der Waals surface area contributed by atoms with Gasteiger partial charge >= 0.3 is 0 Å². The minimum atomic E-state index is -0.0344. The van der Waals surface area contributed by atoms with Gasteiger partial charge in [0.1, 0.15) is 0 Å². The fourth-order valence-electron chi connectivity index (χ4n) is 1.64. The first-order valence-corrected chi connectivity index (χ1v) is 6.46. The molecule has 18 heavy (non-hydrogen) atoms. The molecule has 0 radical (unpaired) electrons. The summed E-state index contributed by atoms with van der Waals surface area (Å²) in [5.74, 6) is -0.0344. The van der Waals surface area contributed by atoms with Crippen LogP contribution in [0.4, 0.5) is 0 Å². The summed E-state index contributed by atoms with van der Waals surface area (Å²) in [6, 6.07) is 5.94. The number of nitrogens with one attached hydrogen (secondary N) is 2. The lowest BCUT2D eigenvalue weighted by Gasteiger charge is -1.97. The van der Waals surface area contributed by atoms with Gasteiger partial charge in [-0.1, -0.05) is 25.4 Å². The van der Waals surface area contributed by atoms with Crippen LogP contribution in [0.2, 0.25) is 5.02 Å². The zero-order valence-electron chi connectivity index (χ0n) is 11.2. The summed E-state index contributed by atoms with van der Waals surface area (Å²) in [5.41, 5.74) is 3.07. The number of carbonyl (C=O) groups is 1. The number of hydrogen-bond acceptors (Lipinski definition) is 1. The molecule has 0 aliphatic carbocycles. The average molecular weight is 267 g/mol. The number of H-pyrrole nitrogens is 1. The molecule has 0 fully saturated rings. The summed E-state index contributed by atoms with van der Waals surface area (Å²) < 4.78 is 0. The predicted molar refractivity (Wildman–Crippen MR) is 76.9 cm³/mol. The molecule has 2 aromatic rings. The molecule has 1 aromatic heterocycles. The smallest absolute Gasteiger partial charge is 0.217 e. The minimum Gasteiger partial charge on any atom is -0.357 e. The highest BCUT2D eigenvalue weighted by atomic mass is 35.5. The Balaban J connectivity index is 0.000000771. The van der Waals surface area contributed by atoms with E-state index in [0.717, 1.165) is 27.2 Å². The van der Waals surface area contributed by atoms with Crippen molar-refractivity contribution in [3.8, 4) is 0 Å². The molecule has 0 bridgehead atoms. The Hall–Kier alpha value is -1.48. The second kappa shape index (κ2) is 6.45. The highest BCUT2D eigenvalue weighted by molar-refractivity contribution is 6.32. The van der Waals surface area contributed by atoms with Gasteiger partial charge in [-0.3, -0.25) is 4.79 Å². The van der Waals surface area contributed by atoms with Gasteiger partial charge in [-0.05, 0) is 30.7 Å². The monoisotopic (exact) mass is 266 g/mol. The van der Waals surface area contributed by atoms with Crippen molar-refractivity contribution in [1.29, 1.82) is 0 Å². The fraction of sp³-hybridized carbons (Fsp3) is 0.357. The number of benzene rings is 1. The first-order valence-electron chi connectivity index (χ1n) is 6.08. The molecular formula is C14H19ClN2O. The van der Waals surface area contributed by atoms with E-state index in [2.05, 4.69) is 10.3 Å². The molecule has 2 rings (SSSR count). The summed E-state index contributed by atoms with van der Waals surface area (Å²) in [6.07, 6.45) is 0. The first kappa shape index (κ1) is 14.6. The van der Waals surface area contributed by atoms with Gasteiger partial charge in [0.25, 0.3) is 0 Å². The Morgan fingerprint density at radius 2 is 2.00 bits per heavy atom. The van der Waals surface area contributed by atoms with Gasteiger partial charge < -0.3 is 10.3 Å². The van der Waals surface area contributed by atoms with Gasteiger partial charge in [0.05, 0.1) is 6.54 Å². The van der Waals surface area contributed by atoms with E-state index < -0.39 is 0 Å². The predicted octanol–water partition coefficient (Wildman–Crippen LogP) is 3.79. The largest absolute Gasteiger partial charge is 0.357 e. The standard InChI is InChI=1S/C12H13ClN2O.C2H6/c1-7-3-12-9(5-11(7)13)4-10(15-12)6-14-8(2)16;1-2/h3-5,15H,6H2,1-2H3,(H,14,16);1-2H3. The molecule has 0 unspecified atom stereocenters. The molecule has 0 atom stereocenters. The van der Waals surface area contributed by atoms with Gasteiger partial charge in [0.2, 0.25) is 5.91 Å². The van der Waals surface area contributed by atoms with Gasteiger partial charge in [-0.25, -0.2) is 0 Å². The van der Waals surface area contributed by atoms with Crippen LogP contribution in [0.5, 0.6) is 0 Å². The number of hydrogen-bond donors (Lipinski definition) is 2. The average Bonchev–Trinajstić information content (AvgIpc) is 2.72. The topological polar surface area (TPSA) is 44.9 Å². The van der Waals surface area contributed by atoms with Gasteiger partial charge in [0.15, 0.2) is 0 Å². The molecule has 0 spiro atoms. The fourth-order valence-corrected chi connectivity index (χ4v) is 1.81. The van der Waals surface area contributed by atoms with Crippen LogP contribution in [0, 0.1) is 6.92 Å². The van der Waals surface area contributed by atoms with E-state index in [0.29, 0.717) is 6.54 Å². The lowest BCUT2D eigenvalue weighted by molar-refractivity contribution is -0.119. The molecular weight excluding hydrogens is 248 g/mol. The van der Waals surface area contributed by atoms with E-state index in [-0.39, 0.29) is 5.91 Å². The molecule has 98 valence electrons. The zero-order chi connectivity index (χ0) is 13.7. The van der Waals surface area contributed by atoms with E-state index in [9.17, 15) is 4.79 Å². The molecule has 0 saturated heterocycles. The summed E-state index contributed by atoms with van der Waals surface area (Å²) >= 11 is 6.04. The maximum atomic E-state index is 10.8. The van der Waals surface area contributed by atoms with E-state index in [1.165, 1.54) is 6.92 Å². The Bertz CT molecular complexity index is 507. The lowest BCUT2D eigenvalue weighted by Crippen LogP contribution is -2.18. The lowest BCUT2D eigenvalue weighted by atomic mass is 10.2. The number of aryl methyl sites for hydroxylation is 1. The van der Waals surface area contributed by atoms with E-state index >= 15 is 0 Å². The van der Waals surface area contributed by atoms with Crippen molar-refractivity contribution in [2.24, 2.45) is 0 Å². The third-order valence-corrected chi connectivity index (χ3v) is 2.89. The van der Waals surface area contributed by atoms with Gasteiger partial charge in [-0.2, -0.15) is 0 Å². The number of rotatable bonds is 2. The van der Waals surface area contributed by atoms with Crippen molar-refractivity contribution in [3.05, 3.63) is 34.5 Å². The van der Waals surface area contributed by atoms with Crippen LogP contribution in [0.3, 0.4) is 0 Å². The molecule has 0 saturated carbocycles. The van der Waals surface area contributed by atoms with Crippen molar-refractivity contribution in [1.82, 2.24) is 10.3 Å². The summed E-state index contributed by atoms with van der Waals surface area (Å²) in [5, 5.41) is 4.58. The van der Waals surface area contributed by atoms with Gasteiger partial charge in [-0.15, -0.1) is 0 Å². The first-order chi connectivity index (χ1) is 8.56. The maximum absolute atomic E-state index is 10.8. The number of aromatic nitrogens is 1. The van der Waals surface area contributed by atoms with Crippen LogP contribution < -0.4 is 5.32 Å². The quantitative estimate of drug-likeness (QED) is 0.853. The number of carbonyl (C=O) groups excluding carboxylic acids is 1. The van der Waals surface area contributed by atoms with Crippen LogP contribution in [0.25, 0.3) is 10.9 Å². The van der Waals surface area contributed by atoms with Crippen molar-refractivity contribution in [2.75, 3.05) is 0 Å². The van der Waals surface area contributed by atoms with Crippen molar-refractivity contribution < 1.29 is 4.79 Å². The summed E-state index contributed by atoms with van der Waals surface area (Å²) in [7, 11) is 0. The van der Waals surface area contributed by atoms with Crippen molar-refractivity contribution >= 4 is 28.4 Å². The molecule has 0 aliphatic rings. The molecule has 4 heteroatoms. The third-order valence-electron chi connectivity index (χ3n) is 2.48. The minimum absolute atomic E-state index is 0.0344. The Kier molecular flexibility index (Phi) is 5.23. The van der Waals surface area contributed by atoms with E-state index in [1.54, 1.807) is 0 Å². The molecule has 0 aliphatic heterocycles. The molecule has 3 nitrogen and oxygen atoms in total. The maximum Gasteiger partial charge on any atom is 0.217 e. The van der Waals surface area contributed by atoms with E-state index in [1.807, 2.05) is 39.0 Å². The SMILES string of the molecule is CC.CC(=O)NCc1cc2cc(Cl)c(C)cc2[nH]1. The van der Waals surface area contributed by atoms with Crippen LogP contribution in [0.15, 0.2) is 18.2 Å². The van der Waals surface area contributed by atoms with Crippen LogP contribution in [0.1, 0.15) is 32.0 Å². The number of amides is 1. The Labute approximate surface area is 113 Å². The van der Waals surface area contributed by atoms with Crippen LogP contribution in [-0.4, -0.2) is 10.9 Å². The van der Waals surface area contributed by atoms with Crippen molar-refractivity contribution in [3.63, 3.8) is 0 Å².